The molecule has 3 aromatic carbocycles. The Morgan fingerprint density at radius 2 is 1.70 bits per heavy atom. The van der Waals surface area contributed by atoms with Gasteiger partial charge in [0.1, 0.15) is 0 Å². The van der Waals surface area contributed by atoms with E-state index in [1.807, 2.05) is 42.5 Å². The molecule has 0 radical (unpaired) electrons. The van der Waals surface area contributed by atoms with E-state index >= 15 is 0 Å². The van der Waals surface area contributed by atoms with Crippen LogP contribution in [0, 0.1) is 0 Å². The predicted octanol–water partition coefficient (Wildman–Crippen LogP) is 2.60. The Balaban J connectivity index is 1.23. The topological polar surface area (TPSA) is 93.7 Å². The second-order valence-corrected chi connectivity index (χ2v) is 8.71. The third-order valence-corrected chi connectivity index (χ3v) is 6.31. The van der Waals surface area contributed by atoms with Crippen LogP contribution in [-0.4, -0.2) is 34.2 Å². The summed E-state index contributed by atoms with van der Waals surface area (Å²) >= 11 is 0. The third kappa shape index (κ3) is 4.72. The molecule has 30 heavy (non-hydrogen) atoms. The van der Waals surface area contributed by atoms with Gasteiger partial charge in [0.05, 0.1) is 4.90 Å². The summed E-state index contributed by atoms with van der Waals surface area (Å²) in [5, 5.41) is 4.62. The summed E-state index contributed by atoms with van der Waals surface area (Å²) < 4.78 is 38.1. The van der Waals surface area contributed by atoms with Crippen molar-refractivity contribution in [3.8, 4) is 11.5 Å². The van der Waals surface area contributed by atoms with Gasteiger partial charge >= 0.3 is 0 Å². The Morgan fingerprint density at radius 1 is 0.900 bits per heavy atom. The van der Waals surface area contributed by atoms with Gasteiger partial charge < -0.3 is 14.8 Å². The van der Waals surface area contributed by atoms with Crippen molar-refractivity contribution in [3.05, 3.63) is 66.2 Å². The number of fused-ring (bicyclic) bond motifs is 2. The van der Waals surface area contributed by atoms with Crippen LogP contribution in [0.1, 0.15) is 12.0 Å². The summed E-state index contributed by atoms with van der Waals surface area (Å²) in [5.74, 6) is 1.22. The summed E-state index contributed by atoms with van der Waals surface area (Å²) in [6.45, 7) is 0.714. The van der Waals surface area contributed by atoms with E-state index in [9.17, 15) is 13.2 Å². The Bertz CT molecular complexity index is 1180. The average Bonchev–Trinajstić information content (AvgIpc) is 3.21. The number of amides is 1. The highest BCUT2D eigenvalue weighted by Gasteiger charge is 2.15. The molecule has 4 rings (SSSR count). The third-order valence-electron chi connectivity index (χ3n) is 4.85. The van der Waals surface area contributed by atoms with Crippen molar-refractivity contribution in [2.75, 3.05) is 19.9 Å². The molecule has 1 amide bonds. The molecule has 3 aromatic rings. The highest BCUT2D eigenvalue weighted by atomic mass is 32.2. The monoisotopic (exact) mass is 426 g/mol. The van der Waals surface area contributed by atoms with Crippen LogP contribution in [0.3, 0.4) is 0 Å². The number of rotatable bonds is 8. The van der Waals surface area contributed by atoms with Crippen molar-refractivity contribution in [3.63, 3.8) is 0 Å². The van der Waals surface area contributed by atoms with E-state index in [-0.39, 0.29) is 30.6 Å². The molecule has 0 fully saturated rings. The van der Waals surface area contributed by atoms with E-state index < -0.39 is 10.0 Å². The molecule has 0 atom stereocenters. The predicted molar refractivity (Wildman–Crippen MR) is 113 cm³/mol. The van der Waals surface area contributed by atoms with E-state index in [1.165, 1.54) is 0 Å². The lowest BCUT2D eigenvalue weighted by molar-refractivity contribution is -0.120. The van der Waals surface area contributed by atoms with Crippen LogP contribution in [0.2, 0.25) is 0 Å². The maximum absolute atomic E-state index is 12.5. The summed E-state index contributed by atoms with van der Waals surface area (Å²) in [5.41, 5.74) is 1.02. The normalized spacial score (nSPS) is 12.8. The van der Waals surface area contributed by atoms with E-state index in [2.05, 4.69) is 10.0 Å². The molecule has 2 N–H and O–H groups in total. The Labute approximate surface area is 175 Å². The van der Waals surface area contributed by atoms with Crippen LogP contribution in [0.15, 0.2) is 65.6 Å². The molecule has 0 saturated heterocycles. The number of hydrogen-bond donors (Lipinski definition) is 2. The zero-order valence-corrected chi connectivity index (χ0v) is 17.1. The maximum atomic E-state index is 12.5. The van der Waals surface area contributed by atoms with Crippen LogP contribution in [0.25, 0.3) is 10.8 Å². The number of sulfonamides is 1. The molecule has 0 bridgehead atoms. The van der Waals surface area contributed by atoms with Gasteiger partial charge in [-0.1, -0.05) is 36.4 Å². The number of ether oxygens (including phenoxy) is 2. The minimum Gasteiger partial charge on any atom is -0.454 e. The number of benzene rings is 3. The first-order valence-corrected chi connectivity index (χ1v) is 11.1. The maximum Gasteiger partial charge on any atom is 0.240 e. The molecular formula is C22H22N2O5S. The second-order valence-electron chi connectivity index (χ2n) is 6.94. The van der Waals surface area contributed by atoms with Crippen LogP contribution in [0.4, 0.5) is 0 Å². The van der Waals surface area contributed by atoms with Gasteiger partial charge in [-0.25, -0.2) is 13.1 Å². The van der Waals surface area contributed by atoms with E-state index in [1.54, 1.807) is 18.2 Å². The van der Waals surface area contributed by atoms with Crippen LogP contribution in [-0.2, 0) is 21.2 Å². The first-order chi connectivity index (χ1) is 14.5. The SMILES string of the molecule is O=C(CCNS(=O)(=O)c1ccc2ccccc2c1)NCCc1ccc2c(c1)OCO2. The number of carbonyl (C=O) groups is 1. The molecule has 156 valence electrons. The zero-order chi connectivity index (χ0) is 21.0. The largest absolute Gasteiger partial charge is 0.454 e. The van der Waals surface area contributed by atoms with Crippen molar-refractivity contribution in [1.82, 2.24) is 10.0 Å². The fourth-order valence-electron chi connectivity index (χ4n) is 3.25. The standard InChI is InChI=1S/C22H22N2O5S/c25-22(23-11-9-16-5-8-20-21(13-16)29-15-28-20)10-12-24-30(26,27)19-7-6-17-3-1-2-4-18(17)14-19/h1-8,13-14,24H,9-12,15H2,(H,23,25). The summed E-state index contributed by atoms with van der Waals surface area (Å²) in [7, 11) is -3.67. The minimum absolute atomic E-state index is 0.0328. The van der Waals surface area contributed by atoms with Crippen molar-refractivity contribution in [2.24, 2.45) is 0 Å². The molecule has 0 saturated carbocycles. The van der Waals surface area contributed by atoms with Gasteiger partial charge in [0, 0.05) is 19.5 Å². The number of carbonyl (C=O) groups excluding carboxylic acids is 1. The fourth-order valence-corrected chi connectivity index (χ4v) is 4.31. The Hall–Kier alpha value is -3.10. The lowest BCUT2D eigenvalue weighted by Crippen LogP contribution is -2.31. The van der Waals surface area contributed by atoms with Gasteiger partial charge in [0.15, 0.2) is 11.5 Å². The lowest BCUT2D eigenvalue weighted by atomic mass is 10.1. The van der Waals surface area contributed by atoms with Gasteiger partial charge in [-0.3, -0.25) is 4.79 Å². The smallest absolute Gasteiger partial charge is 0.240 e. The molecule has 1 aliphatic heterocycles. The van der Waals surface area contributed by atoms with Crippen LogP contribution >= 0.6 is 0 Å². The molecule has 1 heterocycles. The zero-order valence-electron chi connectivity index (χ0n) is 16.3. The van der Waals surface area contributed by atoms with Gasteiger partial charge in [-0.05, 0) is 47.0 Å². The van der Waals surface area contributed by atoms with Gasteiger partial charge in [-0.15, -0.1) is 0 Å². The molecule has 0 unspecified atom stereocenters. The van der Waals surface area contributed by atoms with Crippen molar-refractivity contribution in [2.45, 2.75) is 17.7 Å². The van der Waals surface area contributed by atoms with Gasteiger partial charge in [0.25, 0.3) is 0 Å². The molecule has 7 nitrogen and oxygen atoms in total. The highest BCUT2D eigenvalue weighted by molar-refractivity contribution is 7.89. The van der Waals surface area contributed by atoms with E-state index in [4.69, 9.17) is 9.47 Å². The molecule has 0 aromatic heterocycles. The summed E-state index contributed by atoms with van der Waals surface area (Å²) in [6.07, 6.45) is 0.707. The van der Waals surface area contributed by atoms with Crippen molar-refractivity contribution < 1.29 is 22.7 Å². The van der Waals surface area contributed by atoms with Crippen LogP contribution < -0.4 is 19.5 Å². The first-order valence-electron chi connectivity index (χ1n) is 9.65. The molecular weight excluding hydrogens is 404 g/mol. The Kier molecular flexibility index (Phi) is 5.87. The summed E-state index contributed by atoms with van der Waals surface area (Å²) in [6, 6.07) is 18.2. The first kappa shape index (κ1) is 20.2. The second kappa shape index (κ2) is 8.73. The quantitative estimate of drug-likeness (QED) is 0.578. The summed E-state index contributed by atoms with van der Waals surface area (Å²) in [4.78, 5) is 12.2. The van der Waals surface area contributed by atoms with Crippen molar-refractivity contribution >= 4 is 26.7 Å². The van der Waals surface area contributed by atoms with Crippen LogP contribution in [0.5, 0.6) is 11.5 Å². The highest BCUT2D eigenvalue weighted by Crippen LogP contribution is 2.32. The number of hydrogen-bond acceptors (Lipinski definition) is 5. The van der Waals surface area contributed by atoms with Crippen molar-refractivity contribution in [1.29, 1.82) is 0 Å². The van der Waals surface area contributed by atoms with Gasteiger partial charge in [-0.2, -0.15) is 0 Å². The average molecular weight is 426 g/mol. The molecule has 1 aliphatic rings. The van der Waals surface area contributed by atoms with Gasteiger partial charge in [0.2, 0.25) is 22.7 Å². The van der Waals surface area contributed by atoms with E-state index in [0.717, 1.165) is 22.1 Å². The molecule has 8 heteroatoms. The Morgan fingerprint density at radius 3 is 2.57 bits per heavy atom. The fraction of sp³-hybridized carbons (Fsp3) is 0.227. The minimum atomic E-state index is -3.67. The number of nitrogens with one attached hydrogen (secondary N) is 2. The molecule has 0 aliphatic carbocycles. The van der Waals surface area contributed by atoms with E-state index in [0.29, 0.717) is 18.7 Å². The molecule has 0 spiro atoms. The lowest BCUT2D eigenvalue weighted by Gasteiger charge is -2.09.